The zero-order chi connectivity index (χ0) is 9.10. The predicted molar refractivity (Wildman–Crippen MR) is 51.5 cm³/mol. The van der Waals surface area contributed by atoms with Gasteiger partial charge in [0, 0.05) is 6.61 Å². The monoisotopic (exact) mass is 184 g/mol. The summed E-state index contributed by atoms with van der Waals surface area (Å²) in [5.74, 6) is 1.49. The molecule has 0 spiro atoms. The van der Waals surface area contributed by atoms with E-state index < -0.39 is 0 Å². The van der Waals surface area contributed by atoms with Crippen molar-refractivity contribution in [2.45, 2.75) is 44.6 Å². The van der Waals surface area contributed by atoms with Gasteiger partial charge in [-0.2, -0.15) is 0 Å². The maximum absolute atomic E-state index is 9.50. The van der Waals surface area contributed by atoms with E-state index in [0.29, 0.717) is 12.5 Å². The fraction of sp³-hybridized carbons (Fsp3) is 1.00. The van der Waals surface area contributed by atoms with Crippen LogP contribution in [0.1, 0.15) is 38.5 Å². The number of aliphatic hydroxyl groups is 1. The summed E-state index contributed by atoms with van der Waals surface area (Å²) in [5, 5.41) is 9.50. The van der Waals surface area contributed by atoms with Crippen LogP contribution in [0.2, 0.25) is 0 Å². The van der Waals surface area contributed by atoms with E-state index in [-0.39, 0.29) is 6.10 Å². The van der Waals surface area contributed by atoms with Crippen molar-refractivity contribution >= 4 is 0 Å². The van der Waals surface area contributed by atoms with Crippen LogP contribution < -0.4 is 0 Å². The average molecular weight is 184 g/mol. The summed E-state index contributed by atoms with van der Waals surface area (Å²) in [4.78, 5) is 0. The van der Waals surface area contributed by atoms with Crippen molar-refractivity contribution < 1.29 is 9.84 Å². The van der Waals surface area contributed by atoms with Crippen LogP contribution in [0.5, 0.6) is 0 Å². The molecule has 2 fully saturated rings. The summed E-state index contributed by atoms with van der Waals surface area (Å²) in [6, 6.07) is 0. The number of rotatable bonds is 6. The molecule has 2 nitrogen and oxygen atoms in total. The molecule has 2 rings (SSSR count). The van der Waals surface area contributed by atoms with E-state index in [2.05, 4.69) is 0 Å². The van der Waals surface area contributed by atoms with E-state index in [1.807, 2.05) is 0 Å². The molecule has 2 aliphatic carbocycles. The molecular formula is C11H20O2. The summed E-state index contributed by atoms with van der Waals surface area (Å²) in [6.45, 7) is 1.42. The van der Waals surface area contributed by atoms with Crippen molar-refractivity contribution in [1.29, 1.82) is 0 Å². The third kappa shape index (κ3) is 2.96. The van der Waals surface area contributed by atoms with Gasteiger partial charge < -0.3 is 9.84 Å². The Labute approximate surface area is 80.3 Å². The first-order valence-electron chi connectivity index (χ1n) is 5.62. The number of ether oxygens (including phenoxy) is 1. The highest BCUT2D eigenvalue weighted by molar-refractivity contribution is 4.80. The highest BCUT2D eigenvalue weighted by atomic mass is 16.5. The van der Waals surface area contributed by atoms with Crippen molar-refractivity contribution in [3.63, 3.8) is 0 Å². The standard InChI is InChI=1S/C11H20O2/c12-11(10-4-5-10)8-13-7-6-9-2-1-3-9/h9-12H,1-8H2. The van der Waals surface area contributed by atoms with Crippen LogP contribution in [0.4, 0.5) is 0 Å². The molecule has 0 amide bonds. The molecule has 13 heavy (non-hydrogen) atoms. The third-order valence-corrected chi connectivity index (χ3v) is 3.35. The molecule has 2 heteroatoms. The van der Waals surface area contributed by atoms with Gasteiger partial charge in [-0.15, -0.1) is 0 Å². The summed E-state index contributed by atoms with van der Waals surface area (Å²) in [6.07, 6.45) is 7.64. The molecule has 2 aliphatic rings. The van der Waals surface area contributed by atoms with Crippen LogP contribution in [0.15, 0.2) is 0 Å². The summed E-state index contributed by atoms with van der Waals surface area (Å²) in [7, 11) is 0. The minimum Gasteiger partial charge on any atom is -0.390 e. The fourth-order valence-corrected chi connectivity index (χ4v) is 1.85. The molecule has 0 heterocycles. The van der Waals surface area contributed by atoms with Crippen molar-refractivity contribution in [3.8, 4) is 0 Å². The van der Waals surface area contributed by atoms with Gasteiger partial charge in [-0.05, 0) is 31.1 Å². The molecule has 2 saturated carbocycles. The van der Waals surface area contributed by atoms with Gasteiger partial charge in [0.05, 0.1) is 12.7 Å². The zero-order valence-electron chi connectivity index (χ0n) is 8.24. The molecule has 1 N–H and O–H groups in total. The Morgan fingerprint density at radius 3 is 2.54 bits per heavy atom. The Morgan fingerprint density at radius 2 is 2.00 bits per heavy atom. The second-order valence-corrected chi connectivity index (χ2v) is 4.57. The van der Waals surface area contributed by atoms with E-state index in [1.54, 1.807) is 0 Å². The highest BCUT2D eigenvalue weighted by Crippen LogP contribution is 2.33. The van der Waals surface area contributed by atoms with E-state index in [1.165, 1.54) is 38.5 Å². The lowest BCUT2D eigenvalue weighted by Crippen LogP contribution is -2.20. The quantitative estimate of drug-likeness (QED) is 0.639. The van der Waals surface area contributed by atoms with Crippen LogP contribution in [-0.2, 0) is 4.74 Å². The second kappa shape index (κ2) is 4.43. The summed E-state index contributed by atoms with van der Waals surface area (Å²) >= 11 is 0. The molecule has 0 aromatic heterocycles. The summed E-state index contributed by atoms with van der Waals surface area (Å²) in [5.41, 5.74) is 0. The van der Waals surface area contributed by atoms with Gasteiger partial charge in [0.1, 0.15) is 0 Å². The van der Waals surface area contributed by atoms with Crippen LogP contribution in [0.25, 0.3) is 0 Å². The summed E-state index contributed by atoms with van der Waals surface area (Å²) < 4.78 is 5.45. The van der Waals surface area contributed by atoms with Crippen LogP contribution in [0, 0.1) is 11.8 Å². The average Bonchev–Trinajstić information content (AvgIpc) is 2.82. The number of aliphatic hydroxyl groups excluding tert-OH is 1. The van der Waals surface area contributed by atoms with Gasteiger partial charge >= 0.3 is 0 Å². The third-order valence-electron chi connectivity index (χ3n) is 3.35. The molecule has 0 radical (unpaired) electrons. The Balaban J connectivity index is 1.43. The van der Waals surface area contributed by atoms with Crippen molar-refractivity contribution in [2.75, 3.05) is 13.2 Å². The number of hydrogen-bond acceptors (Lipinski definition) is 2. The van der Waals surface area contributed by atoms with Crippen LogP contribution in [-0.4, -0.2) is 24.4 Å². The van der Waals surface area contributed by atoms with Crippen LogP contribution in [0.3, 0.4) is 0 Å². The van der Waals surface area contributed by atoms with E-state index >= 15 is 0 Å². The molecule has 1 atom stereocenters. The maximum Gasteiger partial charge on any atom is 0.0801 e. The second-order valence-electron chi connectivity index (χ2n) is 4.57. The van der Waals surface area contributed by atoms with Crippen molar-refractivity contribution in [1.82, 2.24) is 0 Å². The van der Waals surface area contributed by atoms with Gasteiger partial charge in [-0.3, -0.25) is 0 Å². The zero-order valence-corrected chi connectivity index (χ0v) is 8.24. The van der Waals surface area contributed by atoms with Gasteiger partial charge in [-0.1, -0.05) is 19.3 Å². The lowest BCUT2D eigenvalue weighted by molar-refractivity contribution is 0.0173. The molecule has 0 aromatic carbocycles. The van der Waals surface area contributed by atoms with Gasteiger partial charge in [0.2, 0.25) is 0 Å². The first kappa shape index (κ1) is 9.47. The topological polar surface area (TPSA) is 29.5 Å². The smallest absolute Gasteiger partial charge is 0.0801 e. The normalized spacial score (nSPS) is 25.6. The van der Waals surface area contributed by atoms with Gasteiger partial charge in [-0.25, -0.2) is 0 Å². The first-order valence-corrected chi connectivity index (χ1v) is 5.62. The molecule has 0 aromatic rings. The Morgan fingerprint density at radius 1 is 1.23 bits per heavy atom. The minimum absolute atomic E-state index is 0.179. The highest BCUT2D eigenvalue weighted by Gasteiger charge is 2.29. The number of hydrogen-bond donors (Lipinski definition) is 1. The van der Waals surface area contributed by atoms with Crippen LogP contribution >= 0.6 is 0 Å². The van der Waals surface area contributed by atoms with E-state index in [9.17, 15) is 5.11 Å². The van der Waals surface area contributed by atoms with Gasteiger partial charge in [0.25, 0.3) is 0 Å². The molecule has 1 unspecified atom stereocenters. The largest absolute Gasteiger partial charge is 0.390 e. The first-order chi connectivity index (χ1) is 6.36. The Hall–Kier alpha value is -0.0800. The van der Waals surface area contributed by atoms with Gasteiger partial charge in [0.15, 0.2) is 0 Å². The lowest BCUT2D eigenvalue weighted by Gasteiger charge is -2.25. The Bertz CT molecular complexity index is 150. The maximum atomic E-state index is 9.50. The molecule has 0 bridgehead atoms. The fourth-order valence-electron chi connectivity index (χ4n) is 1.85. The molecule has 0 aliphatic heterocycles. The SMILES string of the molecule is OC(COCCC1CCC1)C1CC1. The van der Waals surface area contributed by atoms with Crippen molar-refractivity contribution in [3.05, 3.63) is 0 Å². The Kier molecular flexibility index (Phi) is 3.23. The van der Waals surface area contributed by atoms with E-state index in [0.717, 1.165) is 12.5 Å². The van der Waals surface area contributed by atoms with E-state index in [4.69, 9.17) is 4.74 Å². The van der Waals surface area contributed by atoms with Crippen molar-refractivity contribution in [2.24, 2.45) is 11.8 Å². The minimum atomic E-state index is -0.179. The predicted octanol–water partition coefficient (Wildman–Crippen LogP) is 1.96. The molecule has 0 saturated heterocycles. The molecule has 76 valence electrons. The lowest BCUT2D eigenvalue weighted by atomic mass is 9.83. The molecular weight excluding hydrogens is 164 g/mol.